The third-order valence-electron chi connectivity index (χ3n) is 3.39. The standard InChI is InChI=1S/C16H23N3/c1-5-7-11-8-6-9-12-10-13(16(2,3)4)15(19-17)18-14(11)12/h6,8-10H,5,7,17H2,1-4H3,(H,18,19). The number of pyridine rings is 1. The molecule has 0 unspecified atom stereocenters. The molecule has 0 amide bonds. The Morgan fingerprint density at radius 1 is 1.26 bits per heavy atom. The first kappa shape index (κ1) is 13.8. The maximum atomic E-state index is 5.65. The van der Waals surface area contributed by atoms with E-state index in [9.17, 15) is 0 Å². The van der Waals surface area contributed by atoms with Gasteiger partial charge in [-0.15, -0.1) is 0 Å². The van der Waals surface area contributed by atoms with Crippen molar-refractivity contribution in [3.8, 4) is 0 Å². The zero-order valence-electron chi connectivity index (χ0n) is 12.2. The van der Waals surface area contributed by atoms with Crippen LogP contribution in [0.15, 0.2) is 24.3 Å². The molecule has 0 saturated carbocycles. The van der Waals surface area contributed by atoms with Crippen molar-refractivity contribution < 1.29 is 0 Å². The minimum absolute atomic E-state index is 0.0175. The number of hydrazine groups is 1. The number of nitrogens with one attached hydrogen (secondary N) is 1. The van der Waals surface area contributed by atoms with Gasteiger partial charge in [-0.1, -0.05) is 52.3 Å². The van der Waals surface area contributed by atoms with Crippen LogP contribution in [0.1, 0.15) is 45.2 Å². The number of anilines is 1. The molecular weight excluding hydrogens is 234 g/mol. The van der Waals surface area contributed by atoms with Gasteiger partial charge in [0.15, 0.2) is 0 Å². The summed E-state index contributed by atoms with van der Waals surface area (Å²) < 4.78 is 0. The van der Waals surface area contributed by atoms with E-state index in [4.69, 9.17) is 10.8 Å². The van der Waals surface area contributed by atoms with Crippen LogP contribution in [0.5, 0.6) is 0 Å². The Kier molecular flexibility index (Phi) is 3.76. The van der Waals surface area contributed by atoms with Gasteiger partial charge in [0.2, 0.25) is 0 Å². The summed E-state index contributed by atoms with van der Waals surface area (Å²) in [5.41, 5.74) is 6.27. The summed E-state index contributed by atoms with van der Waals surface area (Å²) in [6.45, 7) is 8.70. The van der Waals surface area contributed by atoms with Crippen LogP contribution in [0.25, 0.3) is 10.9 Å². The van der Waals surface area contributed by atoms with Crippen LogP contribution >= 0.6 is 0 Å². The van der Waals surface area contributed by atoms with Crippen LogP contribution in [0.3, 0.4) is 0 Å². The van der Waals surface area contributed by atoms with Crippen molar-refractivity contribution >= 4 is 16.7 Å². The van der Waals surface area contributed by atoms with Gasteiger partial charge in [-0.05, 0) is 23.5 Å². The second-order valence-corrected chi connectivity index (χ2v) is 6.02. The average Bonchev–Trinajstić information content (AvgIpc) is 2.37. The minimum atomic E-state index is 0.0175. The Balaban J connectivity index is 2.70. The van der Waals surface area contributed by atoms with E-state index in [0.717, 1.165) is 29.7 Å². The molecule has 102 valence electrons. The molecule has 2 rings (SSSR count). The fourth-order valence-corrected chi connectivity index (χ4v) is 2.41. The Bertz CT molecular complexity index is 582. The van der Waals surface area contributed by atoms with Crippen LogP contribution < -0.4 is 11.3 Å². The number of nitrogens with two attached hydrogens (primary N) is 1. The average molecular weight is 257 g/mol. The lowest BCUT2D eigenvalue weighted by atomic mass is 9.86. The second kappa shape index (κ2) is 5.17. The molecule has 0 saturated heterocycles. The first-order valence-corrected chi connectivity index (χ1v) is 6.87. The number of aryl methyl sites for hydroxylation is 1. The zero-order chi connectivity index (χ0) is 14.0. The molecule has 1 aromatic heterocycles. The molecule has 19 heavy (non-hydrogen) atoms. The SMILES string of the molecule is CCCc1cccc2cc(C(C)(C)C)c(NN)nc12. The summed E-state index contributed by atoms with van der Waals surface area (Å²) in [7, 11) is 0. The molecule has 0 fully saturated rings. The van der Waals surface area contributed by atoms with Crippen molar-refractivity contribution in [2.45, 2.75) is 46.0 Å². The third-order valence-corrected chi connectivity index (χ3v) is 3.39. The van der Waals surface area contributed by atoms with E-state index >= 15 is 0 Å². The van der Waals surface area contributed by atoms with Crippen molar-refractivity contribution in [3.05, 3.63) is 35.4 Å². The van der Waals surface area contributed by atoms with Crippen molar-refractivity contribution in [2.24, 2.45) is 5.84 Å². The monoisotopic (exact) mass is 257 g/mol. The predicted molar refractivity (Wildman–Crippen MR) is 82.2 cm³/mol. The summed E-state index contributed by atoms with van der Waals surface area (Å²) in [5, 5.41) is 1.19. The number of nitrogens with zero attached hydrogens (tertiary/aromatic N) is 1. The molecule has 3 N–H and O–H groups in total. The summed E-state index contributed by atoms with van der Waals surface area (Å²) in [6, 6.07) is 8.58. The number of nitrogen functional groups attached to an aromatic ring is 1. The molecule has 0 bridgehead atoms. The lowest BCUT2D eigenvalue weighted by Gasteiger charge is -2.22. The molecule has 1 heterocycles. The van der Waals surface area contributed by atoms with Gasteiger partial charge in [-0.2, -0.15) is 0 Å². The summed E-state index contributed by atoms with van der Waals surface area (Å²) in [4.78, 5) is 4.74. The summed E-state index contributed by atoms with van der Waals surface area (Å²) in [5.74, 6) is 6.43. The smallest absolute Gasteiger partial charge is 0.144 e. The number of para-hydroxylation sites is 1. The van der Waals surface area contributed by atoms with E-state index in [2.05, 4.69) is 57.4 Å². The van der Waals surface area contributed by atoms with Crippen LogP contribution in [0, 0.1) is 0 Å². The van der Waals surface area contributed by atoms with E-state index in [0.29, 0.717) is 0 Å². The first-order valence-electron chi connectivity index (χ1n) is 6.87. The zero-order valence-corrected chi connectivity index (χ0v) is 12.2. The summed E-state index contributed by atoms with van der Waals surface area (Å²) in [6.07, 6.45) is 2.16. The number of aromatic nitrogens is 1. The predicted octanol–water partition coefficient (Wildman–Crippen LogP) is 3.77. The number of hydrogen-bond acceptors (Lipinski definition) is 3. The Hall–Kier alpha value is -1.61. The maximum Gasteiger partial charge on any atom is 0.144 e. The van der Waals surface area contributed by atoms with Crippen LogP contribution in [-0.4, -0.2) is 4.98 Å². The lowest BCUT2D eigenvalue weighted by molar-refractivity contribution is 0.590. The van der Waals surface area contributed by atoms with Crippen molar-refractivity contribution in [3.63, 3.8) is 0 Å². The van der Waals surface area contributed by atoms with E-state index in [-0.39, 0.29) is 5.41 Å². The number of benzene rings is 1. The van der Waals surface area contributed by atoms with Crippen molar-refractivity contribution in [1.82, 2.24) is 4.98 Å². The normalized spacial score (nSPS) is 11.8. The van der Waals surface area contributed by atoms with E-state index in [1.807, 2.05) is 0 Å². The lowest BCUT2D eigenvalue weighted by Crippen LogP contribution is -2.19. The summed E-state index contributed by atoms with van der Waals surface area (Å²) >= 11 is 0. The molecule has 0 atom stereocenters. The van der Waals surface area contributed by atoms with E-state index in [1.165, 1.54) is 10.9 Å². The second-order valence-electron chi connectivity index (χ2n) is 6.02. The van der Waals surface area contributed by atoms with Gasteiger partial charge in [0, 0.05) is 10.9 Å². The fraction of sp³-hybridized carbons (Fsp3) is 0.438. The molecule has 3 nitrogen and oxygen atoms in total. The highest BCUT2D eigenvalue weighted by atomic mass is 15.3. The molecule has 1 aromatic carbocycles. The van der Waals surface area contributed by atoms with E-state index < -0.39 is 0 Å². The Labute approximate surface area is 115 Å². The largest absolute Gasteiger partial charge is 0.308 e. The van der Waals surface area contributed by atoms with Gasteiger partial charge in [0.05, 0.1) is 5.52 Å². The van der Waals surface area contributed by atoms with Gasteiger partial charge < -0.3 is 5.43 Å². The van der Waals surface area contributed by atoms with Crippen LogP contribution in [0.2, 0.25) is 0 Å². The molecule has 0 aliphatic heterocycles. The molecule has 0 aliphatic carbocycles. The van der Waals surface area contributed by atoms with E-state index in [1.54, 1.807) is 0 Å². The topological polar surface area (TPSA) is 50.9 Å². The minimum Gasteiger partial charge on any atom is -0.308 e. The number of hydrogen-bond donors (Lipinski definition) is 2. The molecule has 0 aliphatic rings. The molecule has 0 spiro atoms. The maximum absolute atomic E-state index is 5.65. The van der Waals surface area contributed by atoms with Crippen LogP contribution in [0.4, 0.5) is 5.82 Å². The van der Waals surface area contributed by atoms with Crippen molar-refractivity contribution in [2.75, 3.05) is 5.43 Å². The molecule has 3 heteroatoms. The fourth-order valence-electron chi connectivity index (χ4n) is 2.41. The van der Waals surface area contributed by atoms with Gasteiger partial charge >= 0.3 is 0 Å². The van der Waals surface area contributed by atoms with Crippen LogP contribution in [-0.2, 0) is 11.8 Å². The van der Waals surface area contributed by atoms with Gasteiger partial charge in [0.25, 0.3) is 0 Å². The highest BCUT2D eigenvalue weighted by Gasteiger charge is 2.20. The van der Waals surface area contributed by atoms with Crippen molar-refractivity contribution in [1.29, 1.82) is 0 Å². The van der Waals surface area contributed by atoms with Gasteiger partial charge in [-0.25, -0.2) is 10.8 Å². The van der Waals surface area contributed by atoms with Gasteiger partial charge in [-0.3, -0.25) is 0 Å². The Morgan fingerprint density at radius 3 is 2.58 bits per heavy atom. The van der Waals surface area contributed by atoms with Gasteiger partial charge in [0.1, 0.15) is 5.82 Å². The first-order chi connectivity index (χ1) is 8.97. The third kappa shape index (κ3) is 2.71. The number of fused-ring (bicyclic) bond motifs is 1. The molecule has 2 aromatic rings. The number of rotatable bonds is 3. The Morgan fingerprint density at radius 2 is 2.00 bits per heavy atom. The molecular formula is C16H23N3. The molecule has 0 radical (unpaired) electrons. The highest BCUT2D eigenvalue weighted by Crippen LogP contribution is 2.31. The quantitative estimate of drug-likeness (QED) is 0.650. The highest BCUT2D eigenvalue weighted by molar-refractivity contribution is 5.85.